The summed E-state index contributed by atoms with van der Waals surface area (Å²) in [5.74, 6) is -1.64. The zero-order chi connectivity index (χ0) is 14.7. The van der Waals surface area contributed by atoms with Crippen molar-refractivity contribution in [3.8, 4) is 0 Å². The number of oxime groups is 1. The molecule has 1 amide bonds. The number of amides is 1. The molecule has 8 heteroatoms. The minimum atomic E-state index is -0.713. The molecule has 0 fully saturated rings. The Kier molecular flexibility index (Phi) is 4.21. The molecule has 2 aromatic rings. The van der Waals surface area contributed by atoms with Gasteiger partial charge in [-0.25, -0.2) is 4.39 Å². The van der Waals surface area contributed by atoms with Crippen molar-refractivity contribution in [1.29, 1.82) is 0 Å². The largest absolute Gasteiger partial charge is 0.409 e. The molecule has 1 aromatic heterocycles. The summed E-state index contributed by atoms with van der Waals surface area (Å²) in [6.07, 6.45) is 0. The SMILES string of the molecule is N/C(=N/O)c1c(F)cccc1NC(=O)c1sccc1Cl. The Morgan fingerprint density at radius 3 is 2.80 bits per heavy atom. The average molecular weight is 314 g/mol. The highest BCUT2D eigenvalue weighted by molar-refractivity contribution is 7.12. The molecular formula is C12H9ClFN3O2S. The van der Waals surface area contributed by atoms with Crippen LogP contribution >= 0.6 is 22.9 Å². The first-order valence-corrected chi connectivity index (χ1v) is 6.61. The molecule has 1 heterocycles. The number of benzene rings is 1. The van der Waals surface area contributed by atoms with E-state index in [2.05, 4.69) is 10.5 Å². The molecule has 4 N–H and O–H groups in total. The third-order valence-corrected chi connectivity index (χ3v) is 3.79. The highest BCUT2D eigenvalue weighted by Gasteiger charge is 2.17. The number of anilines is 1. The summed E-state index contributed by atoms with van der Waals surface area (Å²) in [4.78, 5) is 12.3. The minimum Gasteiger partial charge on any atom is -0.409 e. The lowest BCUT2D eigenvalue weighted by atomic mass is 10.1. The first-order chi connectivity index (χ1) is 9.54. The quantitative estimate of drug-likeness (QED) is 0.352. The van der Waals surface area contributed by atoms with E-state index in [0.717, 1.165) is 17.4 Å². The maximum absolute atomic E-state index is 13.7. The molecule has 1 aromatic carbocycles. The van der Waals surface area contributed by atoms with Crippen LogP contribution in [0.4, 0.5) is 10.1 Å². The molecule has 0 bridgehead atoms. The van der Waals surface area contributed by atoms with Crippen LogP contribution in [0.2, 0.25) is 5.02 Å². The third-order valence-electron chi connectivity index (χ3n) is 2.45. The number of hydrogen-bond donors (Lipinski definition) is 3. The standard InChI is InChI=1S/C12H9ClFN3O2S/c13-6-4-5-20-10(6)12(18)16-8-3-1-2-7(14)9(8)11(15)17-19/h1-5,19H,(H2,15,17)(H,16,18). The van der Waals surface area contributed by atoms with Gasteiger partial charge in [0.1, 0.15) is 10.7 Å². The van der Waals surface area contributed by atoms with Crippen molar-refractivity contribution in [2.45, 2.75) is 0 Å². The van der Waals surface area contributed by atoms with E-state index in [1.807, 2.05) is 0 Å². The maximum Gasteiger partial charge on any atom is 0.267 e. The Bertz CT molecular complexity index is 687. The van der Waals surface area contributed by atoms with Gasteiger partial charge in [0.2, 0.25) is 0 Å². The lowest BCUT2D eigenvalue weighted by Crippen LogP contribution is -2.20. The van der Waals surface area contributed by atoms with Gasteiger partial charge in [0, 0.05) is 0 Å². The van der Waals surface area contributed by atoms with Crippen molar-refractivity contribution in [3.63, 3.8) is 0 Å². The number of nitrogens with one attached hydrogen (secondary N) is 1. The van der Waals surface area contributed by atoms with E-state index in [1.165, 1.54) is 12.1 Å². The van der Waals surface area contributed by atoms with Crippen LogP contribution in [0, 0.1) is 5.82 Å². The van der Waals surface area contributed by atoms with Crippen molar-refractivity contribution in [2.24, 2.45) is 10.9 Å². The molecule has 104 valence electrons. The molecule has 0 unspecified atom stereocenters. The predicted octanol–water partition coefficient (Wildman–Crippen LogP) is 2.89. The normalized spacial score (nSPS) is 11.4. The molecule has 0 aliphatic rings. The summed E-state index contributed by atoms with van der Waals surface area (Å²) in [6.45, 7) is 0. The first-order valence-electron chi connectivity index (χ1n) is 5.35. The van der Waals surface area contributed by atoms with Crippen LogP contribution in [0.5, 0.6) is 0 Å². The van der Waals surface area contributed by atoms with Gasteiger partial charge in [0.25, 0.3) is 5.91 Å². The van der Waals surface area contributed by atoms with Crippen molar-refractivity contribution >= 4 is 40.4 Å². The van der Waals surface area contributed by atoms with E-state index < -0.39 is 17.6 Å². The summed E-state index contributed by atoms with van der Waals surface area (Å²) in [7, 11) is 0. The zero-order valence-electron chi connectivity index (χ0n) is 9.93. The summed E-state index contributed by atoms with van der Waals surface area (Å²) in [6, 6.07) is 5.56. The van der Waals surface area contributed by atoms with Gasteiger partial charge in [-0.15, -0.1) is 11.3 Å². The van der Waals surface area contributed by atoms with Gasteiger partial charge in [-0.2, -0.15) is 0 Å². The van der Waals surface area contributed by atoms with Crippen LogP contribution in [-0.2, 0) is 0 Å². The second kappa shape index (κ2) is 5.89. The number of carbonyl (C=O) groups is 1. The molecule has 0 aliphatic carbocycles. The van der Waals surface area contributed by atoms with E-state index in [-0.39, 0.29) is 11.3 Å². The number of rotatable bonds is 3. The van der Waals surface area contributed by atoms with E-state index in [4.69, 9.17) is 22.5 Å². The van der Waals surface area contributed by atoms with Crippen LogP contribution in [0.15, 0.2) is 34.8 Å². The second-order valence-corrected chi connectivity index (χ2v) is 5.02. The molecule has 0 aliphatic heterocycles. The molecular weight excluding hydrogens is 305 g/mol. The van der Waals surface area contributed by atoms with E-state index in [9.17, 15) is 9.18 Å². The van der Waals surface area contributed by atoms with Gasteiger partial charge in [0.05, 0.1) is 16.3 Å². The lowest BCUT2D eigenvalue weighted by Gasteiger charge is -2.10. The highest BCUT2D eigenvalue weighted by atomic mass is 35.5. The third kappa shape index (κ3) is 2.73. The topological polar surface area (TPSA) is 87.7 Å². The van der Waals surface area contributed by atoms with Crippen molar-refractivity contribution in [1.82, 2.24) is 0 Å². The fraction of sp³-hybridized carbons (Fsp3) is 0. The lowest BCUT2D eigenvalue weighted by molar-refractivity contribution is 0.103. The number of halogens is 2. The molecule has 20 heavy (non-hydrogen) atoms. The van der Waals surface area contributed by atoms with Crippen molar-refractivity contribution in [2.75, 3.05) is 5.32 Å². The Labute approximate surface area is 122 Å². The second-order valence-electron chi connectivity index (χ2n) is 3.70. The van der Waals surface area contributed by atoms with Gasteiger partial charge in [-0.3, -0.25) is 4.79 Å². The summed E-state index contributed by atoms with van der Waals surface area (Å²) in [5, 5.41) is 15.9. The number of nitrogens with two attached hydrogens (primary N) is 1. The Balaban J connectivity index is 2.38. The monoisotopic (exact) mass is 313 g/mol. The number of carbonyl (C=O) groups excluding carboxylic acids is 1. The molecule has 0 spiro atoms. The average Bonchev–Trinajstić information content (AvgIpc) is 2.84. The molecule has 0 atom stereocenters. The summed E-state index contributed by atoms with van der Waals surface area (Å²) < 4.78 is 13.7. The smallest absolute Gasteiger partial charge is 0.267 e. The van der Waals surface area contributed by atoms with Crippen LogP contribution in [-0.4, -0.2) is 17.0 Å². The molecule has 0 radical (unpaired) electrons. The van der Waals surface area contributed by atoms with Gasteiger partial charge in [-0.05, 0) is 23.6 Å². The Hall–Kier alpha value is -2.12. The van der Waals surface area contributed by atoms with Crippen molar-refractivity contribution < 1.29 is 14.4 Å². The van der Waals surface area contributed by atoms with E-state index >= 15 is 0 Å². The number of hydrogen-bond acceptors (Lipinski definition) is 4. The van der Waals surface area contributed by atoms with E-state index in [0.29, 0.717) is 9.90 Å². The molecule has 0 saturated heterocycles. The van der Waals surface area contributed by atoms with Crippen LogP contribution in [0.3, 0.4) is 0 Å². The van der Waals surface area contributed by atoms with Crippen LogP contribution in [0.1, 0.15) is 15.2 Å². The number of amidine groups is 1. The maximum atomic E-state index is 13.7. The van der Waals surface area contributed by atoms with Crippen LogP contribution < -0.4 is 11.1 Å². The van der Waals surface area contributed by atoms with Crippen LogP contribution in [0.25, 0.3) is 0 Å². The van der Waals surface area contributed by atoms with Gasteiger partial charge < -0.3 is 16.3 Å². The molecule has 5 nitrogen and oxygen atoms in total. The summed E-state index contributed by atoms with van der Waals surface area (Å²) >= 11 is 7.00. The zero-order valence-corrected chi connectivity index (χ0v) is 11.5. The summed E-state index contributed by atoms with van der Waals surface area (Å²) in [5.41, 5.74) is 5.31. The number of thiophene rings is 1. The van der Waals surface area contributed by atoms with Crippen molar-refractivity contribution in [3.05, 3.63) is 50.9 Å². The van der Waals surface area contributed by atoms with Gasteiger partial charge in [0.15, 0.2) is 5.84 Å². The molecule has 0 saturated carbocycles. The van der Waals surface area contributed by atoms with Gasteiger partial charge in [-0.1, -0.05) is 22.8 Å². The fourth-order valence-corrected chi connectivity index (χ4v) is 2.61. The van der Waals surface area contributed by atoms with E-state index in [1.54, 1.807) is 11.4 Å². The Morgan fingerprint density at radius 2 is 2.20 bits per heavy atom. The minimum absolute atomic E-state index is 0.0924. The fourth-order valence-electron chi connectivity index (χ4n) is 1.57. The van der Waals surface area contributed by atoms with Gasteiger partial charge >= 0.3 is 0 Å². The number of nitrogens with zero attached hydrogens (tertiary/aromatic N) is 1. The predicted molar refractivity (Wildman–Crippen MR) is 76.2 cm³/mol. The molecule has 2 rings (SSSR count). The Morgan fingerprint density at radius 1 is 1.45 bits per heavy atom. The first kappa shape index (κ1) is 14.3. The highest BCUT2D eigenvalue weighted by Crippen LogP contribution is 2.25.